The van der Waals surface area contributed by atoms with Crippen LogP contribution in [0.1, 0.15) is 55.9 Å². The van der Waals surface area contributed by atoms with E-state index in [9.17, 15) is 4.79 Å². The maximum Gasteiger partial charge on any atom is 0.482 e. The number of furan rings is 1. The molecule has 6 nitrogen and oxygen atoms in total. The number of amides is 1. The average Bonchev–Trinajstić information content (AvgIpc) is 3.60. The highest BCUT2D eigenvalue weighted by molar-refractivity contribution is 6.48. The molecule has 1 saturated heterocycles. The fraction of sp³-hybridized carbons (Fsp3) is 0.500. The molecule has 0 spiro atoms. The normalized spacial score (nSPS) is 30.0. The van der Waals surface area contributed by atoms with Gasteiger partial charge in [0.2, 0.25) is 5.91 Å². The Bertz CT molecular complexity index is 1370. The van der Waals surface area contributed by atoms with Crippen molar-refractivity contribution in [2.24, 2.45) is 17.3 Å². The van der Waals surface area contributed by atoms with Gasteiger partial charge in [0, 0.05) is 5.39 Å². The van der Waals surface area contributed by atoms with Crippen LogP contribution in [-0.2, 0) is 44.9 Å². The number of hydrogen-bond acceptors (Lipinski definition) is 5. The summed E-state index contributed by atoms with van der Waals surface area (Å²) in [4.78, 5) is 13.5. The Morgan fingerprint density at radius 2 is 1.95 bits per heavy atom. The smallest absolute Gasteiger partial charge is 0.464 e. The summed E-state index contributed by atoms with van der Waals surface area (Å²) in [5.74, 6) is 0.775. The summed E-state index contributed by atoms with van der Waals surface area (Å²) in [5, 5.41) is 4.37. The highest BCUT2D eigenvalue weighted by Gasteiger charge is 2.68. The van der Waals surface area contributed by atoms with Crippen LogP contribution < -0.4 is 5.32 Å². The molecule has 5 atom stereocenters. The van der Waals surface area contributed by atoms with Crippen LogP contribution in [0.25, 0.3) is 11.0 Å². The molecule has 3 aliphatic carbocycles. The van der Waals surface area contributed by atoms with Crippen LogP contribution in [0.5, 0.6) is 0 Å². The second-order valence-electron chi connectivity index (χ2n) is 12.2. The van der Waals surface area contributed by atoms with Gasteiger partial charge in [-0.25, -0.2) is 0 Å². The summed E-state index contributed by atoms with van der Waals surface area (Å²) in [6.07, 6.45) is 4.95. The number of nitrogens with one attached hydrogen (secondary N) is 1. The molecule has 1 N–H and O–H groups in total. The summed E-state index contributed by atoms with van der Waals surface area (Å²) in [6, 6.07) is 14.1. The third-order valence-corrected chi connectivity index (χ3v) is 9.87. The minimum Gasteiger partial charge on any atom is -0.464 e. The molecule has 0 radical (unpaired) electrons. The van der Waals surface area contributed by atoms with Crippen LogP contribution in [0.4, 0.5) is 0 Å². The highest BCUT2D eigenvalue weighted by Crippen LogP contribution is 2.65. The van der Waals surface area contributed by atoms with Gasteiger partial charge in [-0.05, 0) is 71.8 Å². The SMILES string of the molecule is CC1(C)[C@@H]2C[C@H]3OB([C@H](Cc4coc5ccccc45)NC(=O)Cc4cccc5c4COC5)O[C@@]3(C)[C@H]1C2. The van der Waals surface area contributed by atoms with Crippen molar-refractivity contribution < 1.29 is 23.3 Å². The lowest BCUT2D eigenvalue weighted by atomic mass is 9.43. The van der Waals surface area contributed by atoms with Gasteiger partial charge in [-0.15, -0.1) is 0 Å². The first-order chi connectivity index (χ1) is 17.8. The van der Waals surface area contributed by atoms with Crippen LogP contribution in [0.15, 0.2) is 53.1 Å². The highest BCUT2D eigenvalue weighted by atomic mass is 16.7. The Morgan fingerprint density at radius 1 is 1.08 bits per heavy atom. The number of rotatable bonds is 6. The first-order valence-electron chi connectivity index (χ1n) is 13.6. The van der Waals surface area contributed by atoms with Gasteiger partial charge in [0.05, 0.1) is 43.5 Å². The van der Waals surface area contributed by atoms with Crippen LogP contribution >= 0.6 is 0 Å². The van der Waals surface area contributed by atoms with Gasteiger partial charge in [-0.2, -0.15) is 0 Å². The van der Waals surface area contributed by atoms with Crippen molar-refractivity contribution in [3.05, 3.63) is 71.0 Å². The molecule has 5 aliphatic rings. The summed E-state index contributed by atoms with van der Waals surface area (Å²) in [5.41, 5.74) is 5.17. The second-order valence-corrected chi connectivity index (χ2v) is 12.2. The molecule has 192 valence electrons. The van der Waals surface area contributed by atoms with E-state index in [0.717, 1.165) is 34.1 Å². The monoisotopic (exact) mass is 499 g/mol. The lowest BCUT2D eigenvalue weighted by molar-refractivity contribution is -0.199. The van der Waals surface area contributed by atoms with Gasteiger partial charge < -0.3 is 23.8 Å². The zero-order chi connectivity index (χ0) is 25.4. The lowest BCUT2D eigenvalue weighted by Gasteiger charge is -2.64. The minimum absolute atomic E-state index is 0.0325. The van der Waals surface area contributed by atoms with Gasteiger partial charge in [-0.3, -0.25) is 4.79 Å². The Balaban J connectivity index is 1.16. The quantitative estimate of drug-likeness (QED) is 0.484. The summed E-state index contributed by atoms with van der Waals surface area (Å²) in [7, 11) is -0.507. The van der Waals surface area contributed by atoms with Gasteiger partial charge in [0.25, 0.3) is 0 Å². The number of carbonyl (C=O) groups is 1. The van der Waals surface area contributed by atoms with Crippen molar-refractivity contribution in [1.29, 1.82) is 0 Å². The van der Waals surface area contributed by atoms with E-state index < -0.39 is 7.12 Å². The molecular weight excluding hydrogens is 465 g/mol. The zero-order valence-electron chi connectivity index (χ0n) is 21.8. The number of benzene rings is 2. The fourth-order valence-electron chi connectivity index (χ4n) is 7.58. The zero-order valence-corrected chi connectivity index (χ0v) is 21.8. The number of hydrogen-bond donors (Lipinski definition) is 1. The Kier molecular flexibility index (Phi) is 5.37. The van der Waals surface area contributed by atoms with E-state index >= 15 is 0 Å². The van der Waals surface area contributed by atoms with Crippen molar-refractivity contribution >= 4 is 24.0 Å². The maximum atomic E-state index is 13.5. The van der Waals surface area contributed by atoms with Gasteiger partial charge in [0.15, 0.2) is 0 Å². The number of fused-ring (bicyclic) bond motifs is 2. The fourth-order valence-corrected chi connectivity index (χ4v) is 7.58. The molecule has 2 bridgehead atoms. The van der Waals surface area contributed by atoms with Gasteiger partial charge in [0.1, 0.15) is 5.58 Å². The average molecular weight is 499 g/mol. The number of para-hydroxylation sites is 1. The molecule has 3 aromatic rings. The molecule has 2 aromatic carbocycles. The van der Waals surface area contributed by atoms with Crippen molar-refractivity contribution in [3.8, 4) is 0 Å². The molecule has 7 heteroatoms. The first kappa shape index (κ1) is 23.5. The van der Waals surface area contributed by atoms with Crippen LogP contribution in [-0.4, -0.2) is 30.7 Å². The van der Waals surface area contributed by atoms with Crippen LogP contribution in [0.3, 0.4) is 0 Å². The van der Waals surface area contributed by atoms with E-state index in [-0.39, 0.29) is 29.0 Å². The predicted octanol–water partition coefficient (Wildman–Crippen LogP) is 5.00. The van der Waals surface area contributed by atoms with Crippen molar-refractivity contribution in [2.45, 2.75) is 77.3 Å². The van der Waals surface area contributed by atoms with E-state index in [0.29, 0.717) is 37.9 Å². The molecule has 1 aromatic heterocycles. The number of carbonyl (C=O) groups excluding carboxylic acids is 1. The Labute approximate surface area is 218 Å². The van der Waals surface area contributed by atoms with Gasteiger partial charge >= 0.3 is 7.12 Å². The van der Waals surface area contributed by atoms with E-state index in [2.05, 4.69) is 38.2 Å². The predicted molar refractivity (Wildman–Crippen MR) is 141 cm³/mol. The molecule has 0 unspecified atom stereocenters. The van der Waals surface area contributed by atoms with Gasteiger partial charge in [-0.1, -0.05) is 50.2 Å². The molecule has 8 rings (SSSR count). The van der Waals surface area contributed by atoms with E-state index in [1.807, 2.05) is 30.3 Å². The van der Waals surface area contributed by atoms with Crippen molar-refractivity contribution in [3.63, 3.8) is 0 Å². The standard InChI is InChI=1S/C30H34BNO5/c1-29(2)21-13-25(29)30(3)26(14-21)36-31(37-30)27(11-20-16-35-24-10-5-4-9-22(20)24)32-28(33)12-18-7-6-8-19-15-34-17-23(18)19/h4-10,16,21,25-27H,11-15,17H2,1-3H3,(H,32,33)/t21-,25-,26+,27-,30-/m0/s1. The molecule has 37 heavy (non-hydrogen) atoms. The Hall–Kier alpha value is -2.61. The van der Waals surface area contributed by atoms with Crippen molar-refractivity contribution in [1.82, 2.24) is 5.32 Å². The molecular formula is C30H34BNO5. The molecule has 4 fully saturated rings. The topological polar surface area (TPSA) is 69.9 Å². The van der Waals surface area contributed by atoms with E-state index in [4.69, 9.17) is 18.5 Å². The third-order valence-electron chi connectivity index (χ3n) is 9.87. The molecule has 2 aliphatic heterocycles. The molecule has 3 heterocycles. The molecule has 3 saturated carbocycles. The first-order valence-corrected chi connectivity index (χ1v) is 13.6. The second kappa shape index (κ2) is 8.45. The lowest BCUT2D eigenvalue weighted by Crippen LogP contribution is -2.65. The summed E-state index contributed by atoms with van der Waals surface area (Å²) >= 11 is 0. The summed E-state index contributed by atoms with van der Waals surface area (Å²) < 4.78 is 24.9. The maximum absolute atomic E-state index is 13.5. The van der Waals surface area contributed by atoms with E-state index in [1.54, 1.807) is 6.26 Å². The van der Waals surface area contributed by atoms with Crippen LogP contribution in [0.2, 0.25) is 0 Å². The Morgan fingerprint density at radius 3 is 2.81 bits per heavy atom. The minimum atomic E-state index is -0.507. The van der Waals surface area contributed by atoms with Crippen LogP contribution in [0, 0.1) is 17.3 Å². The largest absolute Gasteiger partial charge is 0.482 e. The summed E-state index contributed by atoms with van der Waals surface area (Å²) in [6.45, 7) is 8.13. The van der Waals surface area contributed by atoms with E-state index in [1.165, 1.54) is 12.0 Å². The molecule has 1 amide bonds. The number of ether oxygens (including phenoxy) is 1. The third kappa shape index (κ3) is 3.69. The van der Waals surface area contributed by atoms with Crippen molar-refractivity contribution in [2.75, 3.05) is 0 Å².